The molecular formula is C24H16N2. The highest BCUT2D eigenvalue weighted by Gasteiger charge is 2.16. The van der Waals surface area contributed by atoms with Crippen LogP contribution in [0.25, 0.3) is 32.3 Å². The minimum absolute atomic E-state index is 1.12. The monoisotopic (exact) mass is 332 g/mol. The lowest BCUT2D eigenvalue weighted by Gasteiger charge is -2.24. The van der Waals surface area contributed by atoms with Gasteiger partial charge >= 0.3 is 0 Å². The number of rotatable bonds is 0. The Labute approximate surface area is 151 Å². The van der Waals surface area contributed by atoms with Gasteiger partial charge in [0.15, 0.2) is 0 Å². The predicted octanol–water partition coefficient (Wildman–Crippen LogP) is 6.95. The Kier molecular flexibility index (Phi) is 2.64. The molecule has 0 aliphatic carbocycles. The summed E-state index contributed by atoms with van der Waals surface area (Å²) in [5, 5.41) is 14.9. The molecule has 0 radical (unpaired) electrons. The Bertz CT molecular complexity index is 1230. The van der Waals surface area contributed by atoms with Crippen molar-refractivity contribution in [2.75, 3.05) is 10.6 Å². The first-order valence-electron chi connectivity index (χ1n) is 8.89. The van der Waals surface area contributed by atoms with Crippen LogP contribution in [0, 0.1) is 0 Å². The molecule has 5 aromatic rings. The number of fused-ring (bicyclic) bond motifs is 8. The Hall–Kier alpha value is -3.52. The van der Waals surface area contributed by atoms with E-state index in [0.717, 1.165) is 22.7 Å². The second-order valence-corrected chi connectivity index (χ2v) is 6.83. The van der Waals surface area contributed by atoms with E-state index in [4.69, 9.17) is 0 Å². The van der Waals surface area contributed by atoms with E-state index in [2.05, 4.69) is 95.6 Å². The van der Waals surface area contributed by atoms with Crippen molar-refractivity contribution in [1.29, 1.82) is 0 Å². The Balaban J connectivity index is 1.75. The summed E-state index contributed by atoms with van der Waals surface area (Å²) in [4.78, 5) is 0. The maximum atomic E-state index is 3.58. The normalized spacial score (nSPS) is 12.5. The maximum Gasteiger partial charge on any atom is 0.0630 e. The molecule has 2 nitrogen and oxygen atoms in total. The smallest absolute Gasteiger partial charge is 0.0630 e. The SMILES string of the molecule is c1ccc2c(c1)Nc1cc3c4ccccc4c4ccccc4c3cc1N2. The molecule has 1 aliphatic heterocycles. The van der Waals surface area contributed by atoms with Crippen LogP contribution < -0.4 is 10.6 Å². The maximum absolute atomic E-state index is 3.58. The predicted molar refractivity (Wildman–Crippen MR) is 112 cm³/mol. The van der Waals surface area contributed by atoms with Crippen molar-refractivity contribution in [2.24, 2.45) is 0 Å². The van der Waals surface area contributed by atoms with Crippen molar-refractivity contribution in [1.82, 2.24) is 0 Å². The molecule has 0 fully saturated rings. The second-order valence-electron chi connectivity index (χ2n) is 6.83. The Morgan fingerprint density at radius 2 is 0.692 bits per heavy atom. The Morgan fingerprint density at radius 1 is 0.346 bits per heavy atom. The third-order valence-electron chi connectivity index (χ3n) is 5.35. The molecular weight excluding hydrogens is 316 g/mol. The summed E-state index contributed by atoms with van der Waals surface area (Å²) in [5.41, 5.74) is 4.47. The summed E-state index contributed by atoms with van der Waals surface area (Å²) in [5.74, 6) is 0. The minimum Gasteiger partial charge on any atom is -0.352 e. The Morgan fingerprint density at radius 3 is 1.12 bits per heavy atom. The van der Waals surface area contributed by atoms with Gasteiger partial charge in [0.25, 0.3) is 0 Å². The van der Waals surface area contributed by atoms with Crippen LogP contribution in [-0.4, -0.2) is 0 Å². The number of para-hydroxylation sites is 2. The molecule has 0 aromatic heterocycles. The van der Waals surface area contributed by atoms with E-state index in [1.807, 2.05) is 0 Å². The van der Waals surface area contributed by atoms with Gasteiger partial charge in [0.2, 0.25) is 0 Å². The second kappa shape index (κ2) is 4.99. The lowest BCUT2D eigenvalue weighted by atomic mass is 9.93. The minimum atomic E-state index is 1.12. The first-order valence-corrected chi connectivity index (χ1v) is 8.89. The van der Waals surface area contributed by atoms with E-state index in [1.54, 1.807) is 0 Å². The number of hydrogen-bond donors (Lipinski definition) is 2. The average molecular weight is 332 g/mol. The third kappa shape index (κ3) is 1.81. The zero-order valence-electron chi connectivity index (χ0n) is 14.1. The standard InChI is InChI=1S/C24H16N2/c1-3-9-17-15(7-1)16-8-2-4-10-18(16)20-14-24-23(13-19(17)20)25-21-11-5-6-12-22(21)26-24/h1-14,25-26H. The number of nitrogens with one attached hydrogen (secondary N) is 2. The summed E-state index contributed by atoms with van der Waals surface area (Å²) in [7, 11) is 0. The molecule has 0 spiro atoms. The van der Waals surface area contributed by atoms with Crippen LogP contribution in [0.4, 0.5) is 22.7 Å². The number of anilines is 4. The van der Waals surface area contributed by atoms with Gasteiger partial charge in [-0.3, -0.25) is 0 Å². The van der Waals surface area contributed by atoms with Crippen molar-refractivity contribution in [3.05, 3.63) is 84.9 Å². The van der Waals surface area contributed by atoms with E-state index < -0.39 is 0 Å². The lowest BCUT2D eigenvalue weighted by Crippen LogP contribution is -2.06. The summed E-state index contributed by atoms with van der Waals surface area (Å²) in [6.45, 7) is 0. The zero-order valence-corrected chi connectivity index (χ0v) is 14.1. The van der Waals surface area contributed by atoms with E-state index >= 15 is 0 Å². The van der Waals surface area contributed by atoms with Gasteiger partial charge in [0, 0.05) is 0 Å². The summed E-state index contributed by atoms with van der Waals surface area (Å²) >= 11 is 0. The van der Waals surface area contributed by atoms with E-state index in [-0.39, 0.29) is 0 Å². The highest BCUT2D eigenvalue weighted by atomic mass is 15.0. The lowest BCUT2D eigenvalue weighted by molar-refractivity contribution is 1.46. The van der Waals surface area contributed by atoms with Crippen LogP contribution in [0.3, 0.4) is 0 Å². The fourth-order valence-electron chi connectivity index (χ4n) is 4.15. The molecule has 2 heteroatoms. The van der Waals surface area contributed by atoms with Gasteiger partial charge < -0.3 is 10.6 Å². The molecule has 122 valence electrons. The van der Waals surface area contributed by atoms with Crippen molar-refractivity contribution in [3.8, 4) is 0 Å². The van der Waals surface area contributed by atoms with Crippen LogP contribution in [0.2, 0.25) is 0 Å². The fourth-order valence-corrected chi connectivity index (χ4v) is 4.15. The van der Waals surface area contributed by atoms with Crippen molar-refractivity contribution < 1.29 is 0 Å². The van der Waals surface area contributed by atoms with E-state index in [0.29, 0.717) is 0 Å². The molecule has 0 bridgehead atoms. The van der Waals surface area contributed by atoms with Crippen LogP contribution in [0.15, 0.2) is 84.9 Å². The summed E-state index contributed by atoms with van der Waals surface area (Å²) in [6, 6.07) is 30.3. The molecule has 0 saturated heterocycles. The molecule has 1 heterocycles. The molecule has 2 N–H and O–H groups in total. The quantitative estimate of drug-likeness (QED) is 0.294. The molecule has 0 unspecified atom stereocenters. The number of hydrogen-bond acceptors (Lipinski definition) is 2. The molecule has 26 heavy (non-hydrogen) atoms. The van der Waals surface area contributed by atoms with Gasteiger partial charge in [-0.25, -0.2) is 0 Å². The van der Waals surface area contributed by atoms with Gasteiger partial charge in [-0.15, -0.1) is 0 Å². The summed E-state index contributed by atoms with van der Waals surface area (Å²) in [6.07, 6.45) is 0. The van der Waals surface area contributed by atoms with Crippen LogP contribution in [0.1, 0.15) is 0 Å². The van der Waals surface area contributed by atoms with E-state index in [1.165, 1.54) is 32.3 Å². The van der Waals surface area contributed by atoms with Crippen LogP contribution in [-0.2, 0) is 0 Å². The van der Waals surface area contributed by atoms with Gasteiger partial charge in [0.05, 0.1) is 22.7 Å². The van der Waals surface area contributed by atoms with Crippen LogP contribution >= 0.6 is 0 Å². The van der Waals surface area contributed by atoms with Crippen molar-refractivity contribution >= 4 is 55.1 Å². The van der Waals surface area contributed by atoms with Crippen molar-refractivity contribution in [3.63, 3.8) is 0 Å². The first kappa shape index (κ1) is 13.7. The van der Waals surface area contributed by atoms with Gasteiger partial charge in [-0.2, -0.15) is 0 Å². The molecule has 6 rings (SSSR count). The highest BCUT2D eigenvalue weighted by Crippen LogP contribution is 2.44. The average Bonchev–Trinajstić information content (AvgIpc) is 2.71. The molecule has 0 atom stereocenters. The van der Waals surface area contributed by atoms with Gasteiger partial charge in [-0.1, -0.05) is 60.7 Å². The number of benzene rings is 5. The highest BCUT2D eigenvalue weighted by molar-refractivity contribution is 6.26. The molecule has 0 amide bonds. The molecule has 1 aliphatic rings. The fraction of sp³-hybridized carbons (Fsp3) is 0. The van der Waals surface area contributed by atoms with Gasteiger partial charge in [0.1, 0.15) is 0 Å². The topological polar surface area (TPSA) is 24.1 Å². The third-order valence-corrected chi connectivity index (χ3v) is 5.35. The zero-order chi connectivity index (χ0) is 17.1. The van der Waals surface area contributed by atoms with Crippen molar-refractivity contribution in [2.45, 2.75) is 0 Å². The van der Waals surface area contributed by atoms with E-state index in [9.17, 15) is 0 Å². The molecule has 0 saturated carbocycles. The largest absolute Gasteiger partial charge is 0.352 e. The summed E-state index contributed by atoms with van der Waals surface area (Å²) < 4.78 is 0. The van der Waals surface area contributed by atoms with Crippen LogP contribution in [0.5, 0.6) is 0 Å². The first-order chi connectivity index (χ1) is 12.9. The van der Waals surface area contributed by atoms with Gasteiger partial charge in [-0.05, 0) is 56.6 Å². The molecule has 5 aromatic carbocycles.